The topological polar surface area (TPSA) is 124 Å². The molecular weight excluding hydrogens is 749 g/mol. The summed E-state index contributed by atoms with van der Waals surface area (Å²) in [5, 5.41) is 0. The van der Waals surface area contributed by atoms with E-state index in [4.69, 9.17) is 28.4 Å². The maximum atomic E-state index is 12.6. The van der Waals surface area contributed by atoms with Crippen LogP contribution in [0.4, 0.5) is 0 Å². The molecule has 10 nitrogen and oxygen atoms in total. The van der Waals surface area contributed by atoms with Gasteiger partial charge in [-0.05, 0) is 123 Å². The second kappa shape index (κ2) is 27.1. The van der Waals surface area contributed by atoms with Gasteiger partial charge in [-0.3, -0.25) is 0 Å². The van der Waals surface area contributed by atoms with Gasteiger partial charge in [0.15, 0.2) is 0 Å². The molecule has 0 aliphatic carbocycles. The highest BCUT2D eigenvalue weighted by atomic mass is 16.5. The molecule has 0 atom stereocenters. The van der Waals surface area contributed by atoms with Crippen molar-refractivity contribution in [2.45, 2.75) is 110 Å². The van der Waals surface area contributed by atoms with Crippen LogP contribution >= 0.6 is 0 Å². The summed E-state index contributed by atoms with van der Waals surface area (Å²) < 4.78 is 33.3. The normalized spacial score (nSPS) is 10.7. The lowest BCUT2D eigenvalue weighted by molar-refractivity contribution is 0.0490. The lowest BCUT2D eigenvalue weighted by Gasteiger charge is -2.08. The van der Waals surface area contributed by atoms with Gasteiger partial charge in [-0.25, -0.2) is 19.2 Å². The van der Waals surface area contributed by atoms with E-state index in [0.29, 0.717) is 60.2 Å². The van der Waals surface area contributed by atoms with E-state index in [2.05, 4.69) is 13.8 Å². The highest BCUT2D eigenvalue weighted by Gasteiger charge is 2.13. The minimum absolute atomic E-state index is 0.330. The lowest BCUT2D eigenvalue weighted by atomic mass is 10.1. The molecule has 0 bridgehead atoms. The third-order valence-corrected chi connectivity index (χ3v) is 9.57. The number of unbranched alkanes of at least 4 members (excludes halogenated alkanes) is 12. The minimum atomic E-state index is -0.489. The van der Waals surface area contributed by atoms with Crippen molar-refractivity contribution in [3.05, 3.63) is 119 Å². The predicted octanol–water partition coefficient (Wildman–Crippen LogP) is 11.8. The number of rotatable bonds is 28. The summed E-state index contributed by atoms with van der Waals surface area (Å²) in [6.45, 7) is 6.31. The summed E-state index contributed by atoms with van der Waals surface area (Å²) in [4.78, 5) is 50.1. The van der Waals surface area contributed by atoms with Gasteiger partial charge in [0, 0.05) is 0 Å². The fourth-order valence-corrected chi connectivity index (χ4v) is 6.05. The summed E-state index contributed by atoms with van der Waals surface area (Å²) in [6.07, 6.45) is 15.5. The van der Waals surface area contributed by atoms with Gasteiger partial charge in [-0.1, -0.05) is 84.5 Å². The van der Waals surface area contributed by atoms with Crippen LogP contribution in [0, 0.1) is 0 Å². The molecule has 4 rings (SSSR count). The largest absolute Gasteiger partial charge is 0.494 e. The van der Waals surface area contributed by atoms with Crippen LogP contribution in [-0.2, 0) is 9.47 Å². The maximum Gasteiger partial charge on any atom is 0.343 e. The molecule has 4 aromatic carbocycles. The van der Waals surface area contributed by atoms with Crippen molar-refractivity contribution >= 4 is 23.9 Å². The second-order valence-electron chi connectivity index (χ2n) is 14.4. The van der Waals surface area contributed by atoms with Crippen LogP contribution in [0.25, 0.3) is 0 Å². The Bertz CT molecular complexity index is 1680. The van der Waals surface area contributed by atoms with E-state index in [1.807, 2.05) is 0 Å². The van der Waals surface area contributed by atoms with Gasteiger partial charge < -0.3 is 28.4 Å². The molecule has 0 N–H and O–H groups in total. The number of carbonyl (C=O) groups is 4. The van der Waals surface area contributed by atoms with Crippen LogP contribution in [0.5, 0.6) is 23.0 Å². The van der Waals surface area contributed by atoms with Crippen molar-refractivity contribution in [1.29, 1.82) is 0 Å². The molecule has 10 heteroatoms. The average molecular weight is 809 g/mol. The van der Waals surface area contributed by atoms with Crippen LogP contribution in [0.2, 0.25) is 0 Å². The SMILES string of the molecule is CCCCCCOc1ccc(C(=O)Oc2ccc(C(=O)OCCCCCCCCCOC(=O)c3ccc(OC(=O)c4ccc(OCCCCCC)cc4)cc3)cc2)cc1. The van der Waals surface area contributed by atoms with Gasteiger partial charge in [0.1, 0.15) is 23.0 Å². The molecule has 0 radical (unpaired) electrons. The van der Waals surface area contributed by atoms with Gasteiger partial charge in [0.2, 0.25) is 0 Å². The molecule has 0 saturated heterocycles. The van der Waals surface area contributed by atoms with Crippen molar-refractivity contribution in [2.75, 3.05) is 26.4 Å². The maximum absolute atomic E-state index is 12.6. The number of hydrogen-bond acceptors (Lipinski definition) is 10. The van der Waals surface area contributed by atoms with Crippen LogP contribution in [0.3, 0.4) is 0 Å². The lowest BCUT2D eigenvalue weighted by Crippen LogP contribution is -2.09. The fourth-order valence-electron chi connectivity index (χ4n) is 6.05. The molecule has 0 fully saturated rings. The highest BCUT2D eigenvalue weighted by Crippen LogP contribution is 2.20. The first-order valence-corrected chi connectivity index (χ1v) is 21.3. The molecule has 59 heavy (non-hydrogen) atoms. The summed E-state index contributed by atoms with van der Waals surface area (Å²) in [6, 6.07) is 26.4. The van der Waals surface area contributed by atoms with Gasteiger partial charge in [-0.15, -0.1) is 0 Å². The Kier molecular flexibility index (Phi) is 21.2. The smallest absolute Gasteiger partial charge is 0.343 e. The second-order valence-corrected chi connectivity index (χ2v) is 14.4. The summed E-state index contributed by atoms with van der Waals surface area (Å²) in [5.41, 5.74) is 1.60. The van der Waals surface area contributed by atoms with Crippen LogP contribution in [0.1, 0.15) is 152 Å². The van der Waals surface area contributed by atoms with Crippen molar-refractivity contribution in [3.8, 4) is 23.0 Å². The standard InChI is InChI=1S/C49H60O10/c1-3-5-7-14-34-54-42-26-18-40(19-27-42)48(52)58-44-30-22-38(23-31-44)46(50)56-36-16-12-10-9-11-13-17-37-57-47(51)39-24-32-45(33-25-39)59-49(53)41-20-28-43(29-21-41)55-35-15-8-6-4-2/h18-33H,3-17,34-37H2,1-2H3. The molecule has 0 amide bonds. The fraction of sp³-hybridized carbons (Fsp3) is 0.429. The molecule has 0 heterocycles. The quantitative estimate of drug-likeness (QED) is 0.0311. The number of benzene rings is 4. The van der Waals surface area contributed by atoms with Crippen LogP contribution < -0.4 is 18.9 Å². The minimum Gasteiger partial charge on any atom is -0.494 e. The van der Waals surface area contributed by atoms with E-state index in [0.717, 1.165) is 82.1 Å². The van der Waals surface area contributed by atoms with E-state index in [-0.39, 0.29) is 0 Å². The Hall–Kier alpha value is -5.64. The van der Waals surface area contributed by atoms with E-state index >= 15 is 0 Å². The van der Waals surface area contributed by atoms with Crippen molar-refractivity contribution in [2.24, 2.45) is 0 Å². The number of esters is 4. The predicted molar refractivity (Wildman–Crippen MR) is 228 cm³/mol. The number of hydrogen-bond donors (Lipinski definition) is 0. The average Bonchev–Trinajstić information content (AvgIpc) is 3.26. The molecule has 0 spiro atoms. The molecule has 316 valence electrons. The zero-order valence-corrected chi connectivity index (χ0v) is 34.8. The molecule has 0 aliphatic heterocycles. The molecule has 0 aliphatic rings. The molecule has 0 saturated carbocycles. The third-order valence-electron chi connectivity index (χ3n) is 9.57. The van der Waals surface area contributed by atoms with E-state index in [1.54, 1.807) is 97.1 Å². The molecule has 4 aromatic rings. The van der Waals surface area contributed by atoms with E-state index < -0.39 is 23.9 Å². The van der Waals surface area contributed by atoms with E-state index in [9.17, 15) is 19.2 Å². The molecule has 0 aromatic heterocycles. The van der Waals surface area contributed by atoms with Gasteiger partial charge >= 0.3 is 23.9 Å². The van der Waals surface area contributed by atoms with E-state index in [1.165, 1.54) is 25.7 Å². The first-order chi connectivity index (χ1) is 28.9. The Morgan fingerprint density at radius 2 is 0.593 bits per heavy atom. The van der Waals surface area contributed by atoms with Crippen molar-refractivity contribution < 1.29 is 47.6 Å². The first kappa shape index (κ1) is 46.1. The monoisotopic (exact) mass is 808 g/mol. The van der Waals surface area contributed by atoms with Crippen molar-refractivity contribution in [1.82, 2.24) is 0 Å². The van der Waals surface area contributed by atoms with Gasteiger partial charge in [-0.2, -0.15) is 0 Å². The number of carbonyl (C=O) groups excluding carboxylic acids is 4. The van der Waals surface area contributed by atoms with Crippen molar-refractivity contribution in [3.63, 3.8) is 0 Å². The zero-order valence-electron chi connectivity index (χ0n) is 34.8. The Morgan fingerprint density at radius 3 is 0.932 bits per heavy atom. The van der Waals surface area contributed by atoms with Gasteiger partial charge in [0.05, 0.1) is 48.7 Å². The Balaban J connectivity index is 0.994. The zero-order chi connectivity index (χ0) is 41.9. The third kappa shape index (κ3) is 17.8. The van der Waals surface area contributed by atoms with Crippen LogP contribution in [0.15, 0.2) is 97.1 Å². The number of ether oxygens (including phenoxy) is 6. The summed E-state index contributed by atoms with van der Waals surface area (Å²) in [5.74, 6) is 0.297. The van der Waals surface area contributed by atoms with Gasteiger partial charge in [0.25, 0.3) is 0 Å². The summed E-state index contributed by atoms with van der Waals surface area (Å²) >= 11 is 0. The summed E-state index contributed by atoms with van der Waals surface area (Å²) in [7, 11) is 0. The first-order valence-electron chi connectivity index (χ1n) is 21.3. The Morgan fingerprint density at radius 1 is 0.322 bits per heavy atom. The molecular formula is C49H60O10. The molecule has 0 unspecified atom stereocenters. The Labute approximate surface area is 349 Å². The van der Waals surface area contributed by atoms with Crippen LogP contribution in [-0.4, -0.2) is 50.3 Å². The highest BCUT2D eigenvalue weighted by molar-refractivity contribution is 5.93.